The molecule has 2 rings (SSSR count). The zero-order valence-corrected chi connectivity index (χ0v) is 15.2. The number of halogens is 3. The van der Waals surface area contributed by atoms with E-state index in [2.05, 4.69) is 46.3 Å². The van der Waals surface area contributed by atoms with E-state index in [9.17, 15) is 4.39 Å². The van der Waals surface area contributed by atoms with E-state index in [1.807, 2.05) is 6.92 Å². The fraction of sp³-hybridized carbons (Fsp3) is 0.562. The van der Waals surface area contributed by atoms with Crippen LogP contribution in [-0.4, -0.2) is 9.55 Å². The van der Waals surface area contributed by atoms with Crippen molar-refractivity contribution < 1.29 is 4.39 Å². The van der Waals surface area contributed by atoms with Crippen LogP contribution in [0.4, 0.5) is 4.39 Å². The lowest BCUT2D eigenvalue weighted by atomic mass is 10.0. The first kappa shape index (κ1) is 16.8. The molecule has 5 heteroatoms. The van der Waals surface area contributed by atoms with Gasteiger partial charge in [-0.25, -0.2) is 9.37 Å². The van der Waals surface area contributed by atoms with Crippen LogP contribution in [0.1, 0.15) is 57.8 Å². The first-order chi connectivity index (χ1) is 9.81. The predicted octanol–water partition coefficient (Wildman–Crippen LogP) is 6.23. The lowest BCUT2D eigenvalue weighted by Gasteiger charge is -2.19. The molecule has 0 saturated heterocycles. The molecule has 0 aliphatic carbocycles. The topological polar surface area (TPSA) is 17.8 Å². The van der Waals surface area contributed by atoms with Gasteiger partial charge in [-0.15, -0.1) is 11.6 Å². The molecule has 0 N–H and O–H groups in total. The molecule has 0 amide bonds. The highest BCUT2D eigenvalue weighted by Gasteiger charge is 2.20. The molecule has 2 atom stereocenters. The minimum absolute atomic E-state index is 0.208. The Morgan fingerprint density at radius 2 is 1.90 bits per heavy atom. The van der Waals surface area contributed by atoms with Crippen molar-refractivity contribution in [3.8, 4) is 0 Å². The van der Waals surface area contributed by atoms with Crippen LogP contribution in [0, 0.1) is 11.7 Å². The van der Waals surface area contributed by atoms with Gasteiger partial charge in [0.15, 0.2) is 0 Å². The fourth-order valence-corrected chi connectivity index (χ4v) is 3.04. The minimum atomic E-state index is -0.270. The Kier molecular flexibility index (Phi) is 5.31. The number of hydrogen-bond acceptors (Lipinski definition) is 1. The molecular formula is C16H21BrClFN2. The van der Waals surface area contributed by atoms with Crippen molar-refractivity contribution in [1.82, 2.24) is 9.55 Å². The van der Waals surface area contributed by atoms with Crippen LogP contribution in [0.2, 0.25) is 0 Å². The Hall–Kier alpha value is -0.610. The van der Waals surface area contributed by atoms with Gasteiger partial charge in [-0.1, -0.05) is 13.8 Å². The van der Waals surface area contributed by atoms with Gasteiger partial charge in [-0.3, -0.25) is 0 Å². The molecule has 0 saturated carbocycles. The van der Waals surface area contributed by atoms with E-state index in [1.165, 1.54) is 0 Å². The van der Waals surface area contributed by atoms with Gasteiger partial charge in [0, 0.05) is 12.1 Å². The monoisotopic (exact) mass is 374 g/mol. The van der Waals surface area contributed by atoms with Crippen LogP contribution in [0.25, 0.3) is 11.0 Å². The van der Waals surface area contributed by atoms with Crippen molar-refractivity contribution in [2.24, 2.45) is 5.92 Å². The van der Waals surface area contributed by atoms with Crippen molar-refractivity contribution in [1.29, 1.82) is 0 Å². The third kappa shape index (κ3) is 3.59. The second-order valence-corrected chi connectivity index (χ2v) is 7.54. The molecule has 0 fully saturated rings. The largest absolute Gasteiger partial charge is 0.324 e. The molecule has 0 radical (unpaired) electrons. The molecule has 2 unspecified atom stereocenters. The molecule has 21 heavy (non-hydrogen) atoms. The molecule has 2 aromatic rings. The van der Waals surface area contributed by atoms with Crippen molar-refractivity contribution in [3.05, 3.63) is 28.2 Å². The fourth-order valence-electron chi connectivity index (χ4n) is 2.56. The first-order valence-corrected chi connectivity index (χ1v) is 8.55. The Bertz CT molecular complexity index is 637. The summed E-state index contributed by atoms with van der Waals surface area (Å²) in [6, 6.07) is 3.51. The van der Waals surface area contributed by atoms with E-state index in [-0.39, 0.29) is 17.2 Å². The molecule has 2 nitrogen and oxygen atoms in total. The lowest BCUT2D eigenvalue weighted by molar-refractivity contribution is 0.436. The average molecular weight is 376 g/mol. The minimum Gasteiger partial charge on any atom is -0.324 e. The number of rotatable bonds is 5. The van der Waals surface area contributed by atoms with Gasteiger partial charge in [0.25, 0.3) is 0 Å². The maximum Gasteiger partial charge on any atom is 0.139 e. The maximum atomic E-state index is 13.9. The highest BCUT2D eigenvalue weighted by atomic mass is 79.9. The molecule has 1 heterocycles. The summed E-state index contributed by atoms with van der Waals surface area (Å²) in [5.74, 6) is 1.18. The summed E-state index contributed by atoms with van der Waals surface area (Å²) < 4.78 is 16.4. The first-order valence-electron chi connectivity index (χ1n) is 7.32. The molecule has 0 aliphatic heterocycles. The van der Waals surface area contributed by atoms with E-state index in [0.29, 0.717) is 10.4 Å². The second kappa shape index (κ2) is 6.66. The summed E-state index contributed by atoms with van der Waals surface area (Å²) in [5, 5.41) is -0.208. The Labute approximate surface area is 138 Å². The zero-order valence-electron chi connectivity index (χ0n) is 12.8. The van der Waals surface area contributed by atoms with Crippen LogP contribution >= 0.6 is 27.5 Å². The lowest BCUT2D eigenvalue weighted by Crippen LogP contribution is -2.11. The van der Waals surface area contributed by atoms with E-state index in [4.69, 9.17) is 11.6 Å². The summed E-state index contributed by atoms with van der Waals surface area (Å²) >= 11 is 9.49. The van der Waals surface area contributed by atoms with Crippen LogP contribution in [0.15, 0.2) is 16.6 Å². The Morgan fingerprint density at radius 3 is 2.48 bits per heavy atom. The molecule has 1 aromatic heterocycles. The quantitative estimate of drug-likeness (QED) is 0.566. The van der Waals surface area contributed by atoms with Gasteiger partial charge >= 0.3 is 0 Å². The number of aromatic nitrogens is 2. The normalized spacial score (nSPS) is 14.9. The van der Waals surface area contributed by atoms with Crippen molar-refractivity contribution in [3.63, 3.8) is 0 Å². The molecule has 0 spiro atoms. The summed E-state index contributed by atoms with van der Waals surface area (Å²) in [5.41, 5.74) is 1.59. The van der Waals surface area contributed by atoms with E-state index in [1.54, 1.807) is 12.1 Å². The number of nitrogens with zero attached hydrogens (tertiary/aromatic N) is 2. The van der Waals surface area contributed by atoms with Gasteiger partial charge in [0.1, 0.15) is 11.6 Å². The summed E-state index contributed by atoms with van der Waals surface area (Å²) in [6.45, 7) is 8.47. The summed E-state index contributed by atoms with van der Waals surface area (Å²) in [4.78, 5) is 4.60. The van der Waals surface area contributed by atoms with Crippen molar-refractivity contribution >= 4 is 38.6 Å². The van der Waals surface area contributed by atoms with E-state index < -0.39 is 0 Å². The maximum absolute atomic E-state index is 13.9. The van der Waals surface area contributed by atoms with Gasteiger partial charge in [-0.2, -0.15) is 0 Å². The molecule has 116 valence electrons. The second-order valence-electron chi connectivity index (χ2n) is 6.03. The average Bonchev–Trinajstić information content (AvgIpc) is 2.75. The molecule has 0 bridgehead atoms. The highest BCUT2D eigenvalue weighted by Crippen LogP contribution is 2.32. The van der Waals surface area contributed by atoms with Gasteiger partial charge < -0.3 is 4.57 Å². The van der Waals surface area contributed by atoms with Crippen LogP contribution in [-0.2, 0) is 0 Å². The predicted molar refractivity (Wildman–Crippen MR) is 90.4 cm³/mol. The number of imidazole rings is 1. The molecule has 1 aromatic carbocycles. The molecular weight excluding hydrogens is 355 g/mol. The SMILES string of the molecule is CC(C)CCC(C)n1c(C(C)Cl)nc2cc(Br)c(F)cc21. The number of hydrogen-bond donors (Lipinski definition) is 0. The number of alkyl halides is 1. The third-order valence-corrected chi connectivity index (χ3v) is 4.52. The van der Waals surface area contributed by atoms with Crippen LogP contribution in [0.5, 0.6) is 0 Å². The van der Waals surface area contributed by atoms with Crippen LogP contribution < -0.4 is 0 Å². The smallest absolute Gasteiger partial charge is 0.139 e. The summed E-state index contributed by atoms with van der Waals surface area (Å²) in [7, 11) is 0. The van der Waals surface area contributed by atoms with Crippen molar-refractivity contribution in [2.75, 3.05) is 0 Å². The molecule has 0 aliphatic rings. The standard InChI is InChI=1S/C16H21BrClFN2/c1-9(2)5-6-10(3)21-15-8-13(19)12(17)7-14(15)20-16(21)11(4)18/h7-11H,5-6H2,1-4H3. The third-order valence-electron chi connectivity index (χ3n) is 3.72. The number of benzene rings is 1. The van der Waals surface area contributed by atoms with Crippen LogP contribution in [0.3, 0.4) is 0 Å². The number of fused-ring (bicyclic) bond motifs is 1. The van der Waals surface area contributed by atoms with E-state index in [0.717, 1.165) is 29.7 Å². The summed E-state index contributed by atoms with van der Waals surface area (Å²) in [6.07, 6.45) is 2.15. The van der Waals surface area contributed by atoms with Gasteiger partial charge in [0.2, 0.25) is 0 Å². The Morgan fingerprint density at radius 1 is 1.24 bits per heavy atom. The highest BCUT2D eigenvalue weighted by molar-refractivity contribution is 9.10. The van der Waals surface area contributed by atoms with Gasteiger partial charge in [0.05, 0.1) is 20.9 Å². The Balaban J connectivity index is 2.52. The zero-order chi connectivity index (χ0) is 15.7. The van der Waals surface area contributed by atoms with E-state index >= 15 is 0 Å². The van der Waals surface area contributed by atoms with Crippen molar-refractivity contribution in [2.45, 2.75) is 52.0 Å². The van der Waals surface area contributed by atoms with Gasteiger partial charge in [-0.05, 0) is 54.6 Å².